The van der Waals surface area contributed by atoms with Gasteiger partial charge in [0.15, 0.2) is 11.4 Å². The minimum Gasteiger partial charge on any atom is -0.479 e. The largest absolute Gasteiger partial charge is 0.479 e. The van der Waals surface area contributed by atoms with E-state index in [2.05, 4.69) is 20.5 Å². The maximum atomic E-state index is 11.5. The molecule has 0 spiro atoms. The zero-order valence-corrected chi connectivity index (χ0v) is 10.9. The first-order chi connectivity index (χ1) is 9.72. The van der Waals surface area contributed by atoms with Crippen molar-refractivity contribution in [1.29, 1.82) is 0 Å². The lowest BCUT2D eigenvalue weighted by Crippen LogP contribution is -2.49. The van der Waals surface area contributed by atoms with Crippen molar-refractivity contribution in [3.05, 3.63) is 35.9 Å². The van der Waals surface area contributed by atoms with Crippen LogP contribution in [0.15, 0.2) is 24.5 Å². The van der Waals surface area contributed by atoms with Crippen LogP contribution in [0, 0.1) is 0 Å². The number of aromatic nitrogens is 5. The predicted octanol–water partition coefficient (Wildman–Crippen LogP) is 0.817. The van der Waals surface area contributed by atoms with E-state index in [1.165, 1.54) is 4.68 Å². The Morgan fingerprint density at radius 2 is 2.25 bits per heavy atom. The van der Waals surface area contributed by atoms with Crippen LogP contribution in [-0.4, -0.2) is 36.3 Å². The summed E-state index contributed by atoms with van der Waals surface area (Å²) in [4.78, 5) is 15.6. The number of tetrazole rings is 1. The third-order valence-electron chi connectivity index (χ3n) is 3.88. The molecule has 1 N–H and O–H groups in total. The molecule has 104 valence electrons. The summed E-state index contributed by atoms with van der Waals surface area (Å²) in [6, 6.07) is 3.86. The Bertz CT molecular complexity index is 606. The van der Waals surface area contributed by atoms with Crippen LogP contribution < -0.4 is 0 Å². The van der Waals surface area contributed by atoms with E-state index in [4.69, 9.17) is 0 Å². The zero-order valence-electron chi connectivity index (χ0n) is 10.9. The Morgan fingerprint density at radius 1 is 1.40 bits per heavy atom. The molecular weight excluding hydrogens is 258 g/mol. The van der Waals surface area contributed by atoms with E-state index in [-0.39, 0.29) is 0 Å². The second-order valence-corrected chi connectivity index (χ2v) is 5.06. The van der Waals surface area contributed by atoms with Crippen LogP contribution >= 0.6 is 0 Å². The Labute approximate surface area is 115 Å². The fourth-order valence-corrected chi connectivity index (χ4v) is 2.52. The van der Waals surface area contributed by atoms with Gasteiger partial charge in [-0.1, -0.05) is 6.07 Å². The SMILES string of the molecule is O=C(O)C1(n2nnnc2CCc2cccnc2)CCC1. The molecule has 1 fully saturated rings. The molecule has 0 atom stereocenters. The van der Waals surface area contributed by atoms with Gasteiger partial charge >= 0.3 is 5.97 Å². The van der Waals surface area contributed by atoms with Crippen molar-refractivity contribution in [1.82, 2.24) is 25.2 Å². The number of aliphatic carboxylic acids is 1. The second kappa shape index (κ2) is 4.99. The first kappa shape index (κ1) is 12.7. The molecule has 0 radical (unpaired) electrons. The van der Waals surface area contributed by atoms with Crippen LogP contribution in [0.2, 0.25) is 0 Å². The van der Waals surface area contributed by atoms with Crippen LogP contribution in [0.3, 0.4) is 0 Å². The van der Waals surface area contributed by atoms with Gasteiger partial charge in [-0.2, -0.15) is 0 Å². The minimum atomic E-state index is -0.937. The molecule has 20 heavy (non-hydrogen) atoms. The van der Waals surface area contributed by atoms with Crippen molar-refractivity contribution in [3.8, 4) is 0 Å². The molecule has 0 bridgehead atoms. The van der Waals surface area contributed by atoms with Gasteiger partial charge in [-0.3, -0.25) is 4.98 Å². The molecule has 0 amide bonds. The van der Waals surface area contributed by atoms with Crippen molar-refractivity contribution >= 4 is 5.97 Å². The number of carboxylic acid groups (broad SMARTS) is 1. The Hall–Kier alpha value is -2.31. The number of carboxylic acids is 1. The second-order valence-electron chi connectivity index (χ2n) is 5.06. The molecule has 1 aliphatic rings. The predicted molar refractivity (Wildman–Crippen MR) is 68.9 cm³/mol. The van der Waals surface area contributed by atoms with Gasteiger partial charge in [-0.25, -0.2) is 9.48 Å². The number of hydrogen-bond acceptors (Lipinski definition) is 5. The third kappa shape index (κ3) is 2.04. The molecule has 2 heterocycles. The highest BCUT2D eigenvalue weighted by molar-refractivity contribution is 5.77. The van der Waals surface area contributed by atoms with Crippen LogP contribution in [0.25, 0.3) is 0 Å². The number of rotatable bonds is 5. The van der Waals surface area contributed by atoms with Crippen molar-refractivity contribution < 1.29 is 9.90 Å². The first-order valence-corrected chi connectivity index (χ1v) is 6.62. The van der Waals surface area contributed by atoms with Crippen molar-refractivity contribution in [2.24, 2.45) is 0 Å². The number of aryl methyl sites for hydroxylation is 2. The standard InChI is InChI=1S/C13H15N5O2/c19-12(20)13(6-2-7-13)18-11(15-16-17-18)5-4-10-3-1-8-14-9-10/h1,3,8-9H,2,4-7H2,(H,19,20). The van der Waals surface area contributed by atoms with Gasteiger partial charge < -0.3 is 5.11 Å². The number of nitrogens with zero attached hydrogens (tertiary/aromatic N) is 5. The van der Waals surface area contributed by atoms with Gasteiger partial charge in [0.25, 0.3) is 0 Å². The van der Waals surface area contributed by atoms with E-state index in [9.17, 15) is 9.90 Å². The Morgan fingerprint density at radius 3 is 2.85 bits per heavy atom. The lowest BCUT2D eigenvalue weighted by Gasteiger charge is -2.37. The fourth-order valence-electron chi connectivity index (χ4n) is 2.52. The van der Waals surface area contributed by atoms with E-state index >= 15 is 0 Å². The highest BCUT2D eigenvalue weighted by atomic mass is 16.4. The van der Waals surface area contributed by atoms with Gasteiger partial charge in [0, 0.05) is 18.8 Å². The molecule has 2 aromatic heterocycles. The van der Waals surface area contributed by atoms with Crippen molar-refractivity contribution in [2.75, 3.05) is 0 Å². The third-order valence-corrected chi connectivity index (χ3v) is 3.88. The Kier molecular flexibility index (Phi) is 3.17. The lowest BCUT2D eigenvalue weighted by atomic mass is 9.77. The summed E-state index contributed by atoms with van der Waals surface area (Å²) < 4.78 is 1.50. The van der Waals surface area contributed by atoms with Crippen LogP contribution in [-0.2, 0) is 23.2 Å². The average molecular weight is 273 g/mol. The molecule has 0 aromatic carbocycles. The van der Waals surface area contributed by atoms with E-state index in [1.54, 1.807) is 12.4 Å². The zero-order chi connectivity index (χ0) is 14.0. The lowest BCUT2D eigenvalue weighted by molar-refractivity contribution is -0.153. The Balaban J connectivity index is 1.79. The summed E-state index contributed by atoms with van der Waals surface area (Å²) in [6.45, 7) is 0. The van der Waals surface area contributed by atoms with Crippen molar-refractivity contribution in [2.45, 2.75) is 37.6 Å². The van der Waals surface area contributed by atoms with Crippen LogP contribution in [0.1, 0.15) is 30.7 Å². The molecule has 7 nitrogen and oxygen atoms in total. The van der Waals surface area contributed by atoms with Gasteiger partial charge in [-0.15, -0.1) is 5.10 Å². The highest BCUT2D eigenvalue weighted by Gasteiger charge is 2.48. The summed E-state index contributed by atoms with van der Waals surface area (Å²) in [5.41, 5.74) is 0.147. The number of carbonyl (C=O) groups is 1. The molecule has 0 unspecified atom stereocenters. The summed E-state index contributed by atoms with van der Waals surface area (Å²) in [5, 5.41) is 21.0. The van der Waals surface area contributed by atoms with E-state index in [1.807, 2.05) is 12.1 Å². The highest BCUT2D eigenvalue weighted by Crippen LogP contribution is 2.39. The maximum absolute atomic E-state index is 11.5. The van der Waals surface area contributed by atoms with E-state index < -0.39 is 11.5 Å². The molecular formula is C13H15N5O2. The van der Waals surface area contributed by atoms with Gasteiger partial charge in [0.05, 0.1) is 0 Å². The van der Waals surface area contributed by atoms with Crippen LogP contribution in [0.4, 0.5) is 0 Å². The van der Waals surface area contributed by atoms with Gasteiger partial charge in [-0.05, 0) is 47.7 Å². The quantitative estimate of drug-likeness (QED) is 0.866. The summed E-state index contributed by atoms with van der Waals surface area (Å²) in [6.07, 6.45) is 6.94. The summed E-state index contributed by atoms with van der Waals surface area (Å²) >= 11 is 0. The maximum Gasteiger partial charge on any atom is 0.331 e. The average Bonchev–Trinajstić information content (AvgIpc) is 2.85. The van der Waals surface area contributed by atoms with Crippen molar-refractivity contribution in [3.63, 3.8) is 0 Å². The number of hydrogen-bond donors (Lipinski definition) is 1. The molecule has 0 aliphatic heterocycles. The van der Waals surface area contributed by atoms with Gasteiger partial charge in [0.1, 0.15) is 0 Å². The molecule has 1 saturated carbocycles. The number of pyridine rings is 1. The smallest absolute Gasteiger partial charge is 0.331 e. The summed E-state index contributed by atoms with van der Waals surface area (Å²) in [5.74, 6) is -0.227. The first-order valence-electron chi connectivity index (χ1n) is 6.62. The topological polar surface area (TPSA) is 93.8 Å². The molecule has 7 heteroatoms. The summed E-state index contributed by atoms with van der Waals surface area (Å²) in [7, 11) is 0. The molecule has 1 aliphatic carbocycles. The molecule has 3 rings (SSSR count). The van der Waals surface area contributed by atoms with E-state index in [0.717, 1.165) is 18.4 Å². The normalized spacial score (nSPS) is 16.6. The minimum absolute atomic E-state index is 0.591. The monoisotopic (exact) mass is 273 g/mol. The van der Waals surface area contributed by atoms with Gasteiger partial charge in [0.2, 0.25) is 0 Å². The molecule has 2 aromatic rings. The fraction of sp³-hybridized carbons (Fsp3) is 0.462. The van der Waals surface area contributed by atoms with E-state index in [0.29, 0.717) is 25.1 Å². The molecule has 0 saturated heterocycles. The van der Waals surface area contributed by atoms with Crippen LogP contribution in [0.5, 0.6) is 0 Å².